The Morgan fingerprint density at radius 2 is 2.31 bits per heavy atom. The van der Waals surface area contributed by atoms with E-state index < -0.39 is 0 Å². The third-order valence-electron chi connectivity index (χ3n) is 2.27. The van der Waals surface area contributed by atoms with E-state index in [9.17, 15) is 0 Å². The molecule has 0 aliphatic carbocycles. The van der Waals surface area contributed by atoms with Crippen LogP contribution >= 0.6 is 11.3 Å². The number of hydrogen-bond acceptors (Lipinski definition) is 4. The van der Waals surface area contributed by atoms with Crippen molar-refractivity contribution in [3.05, 3.63) is 40.2 Å². The summed E-state index contributed by atoms with van der Waals surface area (Å²) in [5.74, 6) is 5.49. The summed E-state index contributed by atoms with van der Waals surface area (Å²) in [6.45, 7) is 2.03. The number of amidine groups is 1. The first-order valence-electron chi connectivity index (χ1n) is 4.76. The summed E-state index contributed by atoms with van der Waals surface area (Å²) in [6.07, 6.45) is 1.78. The van der Waals surface area contributed by atoms with Gasteiger partial charge in [-0.15, -0.1) is 11.3 Å². The van der Waals surface area contributed by atoms with E-state index in [0.29, 0.717) is 5.84 Å². The zero-order valence-corrected chi connectivity index (χ0v) is 9.66. The van der Waals surface area contributed by atoms with E-state index in [1.165, 1.54) is 11.3 Å². The highest BCUT2D eigenvalue weighted by Gasteiger charge is 2.08. The Bertz CT molecular complexity index is 530. The number of pyridine rings is 1. The highest BCUT2D eigenvalue weighted by molar-refractivity contribution is 7.12. The number of hydrogen-bond donors (Lipinski definition) is 2. The van der Waals surface area contributed by atoms with Crippen molar-refractivity contribution in [2.75, 3.05) is 0 Å². The maximum atomic E-state index is 5.64. The molecule has 2 rings (SSSR count). The van der Waals surface area contributed by atoms with E-state index >= 15 is 0 Å². The molecule has 0 aliphatic rings. The third kappa shape index (κ3) is 1.90. The van der Waals surface area contributed by atoms with E-state index in [1.54, 1.807) is 6.20 Å². The summed E-state index contributed by atoms with van der Waals surface area (Å²) in [5.41, 5.74) is 8.79. The fourth-order valence-corrected chi connectivity index (χ4v) is 2.25. The van der Waals surface area contributed by atoms with Crippen molar-refractivity contribution >= 4 is 17.2 Å². The van der Waals surface area contributed by atoms with Crippen LogP contribution in [0.3, 0.4) is 0 Å². The maximum Gasteiger partial charge on any atom is 0.160 e. The Hall–Kier alpha value is -1.88. The first-order chi connectivity index (χ1) is 7.72. The standard InChI is InChI=1S/C11H12N4S/c1-7-3-2-4-14-10(7)8-5-9(16-6-8)11(12)15-13/h2-6H,13H2,1H3,(H2,12,15). The molecule has 0 atom stereocenters. The molecule has 2 heterocycles. The average molecular weight is 232 g/mol. The minimum atomic E-state index is 0.352. The van der Waals surface area contributed by atoms with Crippen LogP contribution in [0.4, 0.5) is 0 Å². The van der Waals surface area contributed by atoms with Gasteiger partial charge in [0.2, 0.25) is 0 Å². The van der Waals surface area contributed by atoms with E-state index in [1.807, 2.05) is 30.5 Å². The van der Waals surface area contributed by atoms with Gasteiger partial charge in [-0.05, 0) is 24.6 Å². The first kappa shape index (κ1) is 10.6. The fourth-order valence-electron chi connectivity index (χ4n) is 1.45. The lowest BCUT2D eigenvalue weighted by Crippen LogP contribution is -2.13. The Morgan fingerprint density at radius 1 is 1.50 bits per heavy atom. The minimum Gasteiger partial charge on any atom is -0.381 e. The lowest BCUT2D eigenvalue weighted by molar-refractivity contribution is 1.23. The minimum absolute atomic E-state index is 0.352. The molecule has 82 valence electrons. The predicted molar refractivity (Wildman–Crippen MR) is 67.2 cm³/mol. The SMILES string of the molecule is Cc1cccnc1-c1csc(/C(N)=N/N)c1. The Kier molecular flexibility index (Phi) is 2.87. The van der Waals surface area contributed by atoms with Crippen LogP contribution < -0.4 is 11.6 Å². The van der Waals surface area contributed by atoms with Crippen LogP contribution in [0.1, 0.15) is 10.4 Å². The molecule has 0 amide bonds. The molecular formula is C11H12N4S. The number of nitrogens with two attached hydrogens (primary N) is 2. The molecule has 0 fully saturated rings. The Morgan fingerprint density at radius 3 is 3.00 bits per heavy atom. The fraction of sp³-hybridized carbons (Fsp3) is 0.0909. The molecule has 0 spiro atoms. The smallest absolute Gasteiger partial charge is 0.160 e. The molecule has 2 aromatic rings. The number of hydrazone groups is 1. The molecule has 0 saturated heterocycles. The second-order valence-electron chi connectivity index (χ2n) is 3.38. The zero-order chi connectivity index (χ0) is 11.5. The molecule has 0 bridgehead atoms. The van der Waals surface area contributed by atoms with Gasteiger partial charge < -0.3 is 11.6 Å². The maximum absolute atomic E-state index is 5.64. The van der Waals surface area contributed by atoms with Crippen molar-refractivity contribution in [2.24, 2.45) is 16.7 Å². The summed E-state index contributed by atoms with van der Waals surface area (Å²) in [7, 11) is 0. The lowest BCUT2D eigenvalue weighted by atomic mass is 10.1. The molecular weight excluding hydrogens is 220 g/mol. The monoisotopic (exact) mass is 232 g/mol. The first-order valence-corrected chi connectivity index (χ1v) is 5.64. The molecule has 16 heavy (non-hydrogen) atoms. The zero-order valence-electron chi connectivity index (χ0n) is 8.84. The number of nitrogens with zero attached hydrogens (tertiary/aromatic N) is 2. The van der Waals surface area contributed by atoms with E-state index in [2.05, 4.69) is 10.1 Å². The second kappa shape index (κ2) is 4.32. The van der Waals surface area contributed by atoms with E-state index in [4.69, 9.17) is 11.6 Å². The van der Waals surface area contributed by atoms with Gasteiger partial charge in [-0.1, -0.05) is 6.07 Å². The number of aryl methyl sites for hydroxylation is 1. The van der Waals surface area contributed by atoms with Gasteiger partial charge in [0, 0.05) is 17.1 Å². The Balaban J connectivity index is 2.43. The van der Waals surface area contributed by atoms with Crippen LogP contribution in [-0.4, -0.2) is 10.8 Å². The molecule has 0 saturated carbocycles. The van der Waals surface area contributed by atoms with Crippen LogP contribution in [0.25, 0.3) is 11.3 Å². The quantitative estimate of drug-likeness (QED) is 0.358. The molecule has 0 unspecified atom stereocenters. The normalized spacial score (nSPS) is 11.7. The molecule has 0 aromatic carbocycles. The van der Waals surface area contributed by atoms with Crippen molar-refractivity contribution < 1.29 is 0 Å². The van der Waals surface area contributed by atoms with Gasteiger partial charge in [0.25, 0.3) is 0 Å². The number of aromatic nitrogens is 1. The predicted octanol–water partition coefficient (Wildman–Crippen LogP) is 1.70. The summed E-state index contributed by atoms with van der Waals surface area (Å²) >= 11 is 1.51. The molecule has 5 heteroatoms. The van der Waals surface area contributed by atoms with Crippen molar-refractivity contribution in [3.63, 3.8) is 0 Å². The summed E-state index contributed by atoms with van der Waals surface area (Å²) in [6, 6.07) is 5.90. The van der Waals surface area contributed by atoms with Crippen LogP contribution in [0.15, 0.2) is 34.9 Å². The van der Waals surface area contributed by atoms with Gasteiger partial charge in [-0.3, -0.25) is 4.98 Å². The van der Waals surface area contributed by atoms with Crippen LogP contribution in [0.5, 0.6) is 0 Å². The van der Waals surface area contributed by atoms with Crippen LogP contribution in [0.2, 0.25) is 0 Å². The second-order valence-corrected chi connectivity index (χ2v) is 4.29. The third-order valence-corrected chi connectivity index (χ3v) is 3.23. The Labute approximate surface area is 97.6 Å². The summed E-state index contributed by atoms with van der Waals surface area (Å²) in [5, 5.41) is 5.48. The summed E-state index contributed by atoms with van der Waals surface area (Å²) in [4.78, 5) is 5.21. The van der Waals surface area contributed by atoms with Crippen LogP contribution in [0, 0.1) is 6.92 Å². The van der Waals surface area contributed by atoms with Gasteiger partial charge in [0.15, 0.2) is 5.84 Å². The van der Waals surface area contributed by atoms with Crippen molar-refractivity contribution in [3.8, 4) is 11.3 Å². The van der Waals surface area contributed by atoms with Crippen molar-refractivity contribution in [1.82, 2.24) is 4.98 Å². The summed E-state index contributed by atoms with van der Waals surface area (Å²) < 4.78 is 0. The van der Waals surface area contributed by atoms with Gasteiger partial charge in [-0.25, -0.2) is 0 Å². The number of thiophene rings is 1. The molecule has 0 aliphatic heterocycles. The van der Waals surface area contributed by atoms with Gasteiger partial charge in [0.1, 0.15) is 0 Å². The van der Waals surface area contributed by atoms with E-state index in [-0.39, 0.29) is 0 Å². The topological polar surface area (TPSA) is 77.3 Å². The molecule has 4 nitrogen and oxygen atoms in total. The van der Waals surface area contributed by atoms with Crippen molar-refractivity contribution in [1.29, 1.82) is 0 Å². The average Bonchev–Trinajstić information content (AvgIpc) is 2.78. The highest BCUT2D eigenvalue weighted by atomic mass is 32.1. The number of rotatable bonds is 2. The van der Waals surface area contributed by atoms with Crippen molar-refractivity contribution in [2.45, 2.75) is 6.92 Å². The van der Waals surface area contributed by atoms with E-state index in [0.717, 1.165) is 21.7 Å². The van der Waals surface area contributed by atoms with Crippen LogP contribution in [-0.2, 0) is 0 Å². The molecule has 0 radical (unpaired) electrons. The lowest BCUT2D eigenvalue weighted by Gasteiger charge is -2.00. The molecule has 4 N–H and O–H groups in total. The van der Waals surface area contributed by atoms with Gasteiger partial charge >= 0.3 is 0 Å². The van der Waals surface area contributed by atoms with Gasteiger partial charge in [-0.2, -0.15) is 5.10 Å². The molecule has 2 aromatic heterocycles. The highest BCUT2D eigenvalue weighted by Crippen LogP contribution is 2.25. The van der Waals surface area contributed by atoms with Gasteiger partial charge in [0.05, 0.1) is 10.6 Å². The largest absolute Gasteiger partial charge is 0.381 e.